The van der Waals surface area contributed by atoms with Gasteiger partial charge in [-0.05, 0) is 94.5 Å². The molecular weight excluding hydrogens is 376 g/mol. The third-order valence-electron chi connectivity index (χ3n) is 9.81. The van der Waals surface area contributed by atoms with Crippen molar-refractivity contribution in [2.45, 2.75) is 85.2 Å². The van der Waals surface area contributed by atoms with E-state index in [0.717, 1.165) is 56.9 Å². The maximum Gasteiger partial charge on any atom is 0.333 e. The van der Waals surface area contributed by atoms with Gasteiger partial charge < -0.3 is 9.47 Å². The van der Waals surface area contributed by atoms with Crippen LogP contribution in [0, 0.1) is 34.0 Å². The Morgan fingerprint density at radius 3 is 2.50 bits per heavy atom. The smallest absolute Gasteiger partial charge is 0.333 e. The first-order valence-electron chi connectivity index (χ1n) is 11.7. The number of hydrogen-bond donors (Lipinski definition) is 0. The molecular formula is C26H38O4. The highest BCUT2D eigenvalue weighted by atomic mass is 16.5. The van der Waals surface area contributed by atoms with Gasteiger partial charge in [0.2, 0.25) is 0 Å². The van der Waals surface area contributed by atoms with Crippen molar-refractivity contribution in [2.24, 2.45) is 34.0 Å². The van der Waals surface area contributed by atoms with E-state index in [-0.39, 0.29) is 28.9 Å². The van der Waals surface area contributed by atoms with Crippen LogP contribution in [0.15, 0.2) is 23.8 Å². The number of rotatable bonds is 3. The van der Waals surface area contributed by atoms with E-state index < -0.39 is 5.41 Å². The minimum absolute atomic E-state index is 0.0245. The molecule has 0 aliphatic heterocycles. The number of ether oxygens (including phenoxy) is 2. The summed E-state index contributed by atoms with van der Waals surface area (Å²) >= 11 is 0. The summed E-state index contributed by atoms with van der Waals surface area (Å²) in [5.74, 6) is 0.971. The number of carbonyl (C=O) groups excluding carboxylic acids is 2. The van der Waals surface area contributed by atoms with Crippen molar-refractivity contribution in [1.82, 2.24) is 0 Å². The van der Waals surface area contributed by atoms with Crippen LogP contribution < -0.4 is 0 Å². The van der Waals surface area contributed by atoms with E-state index in [1.54, 1.807) is 0 Å². The number of esters is 2. The average Bonchev–Trinajstić information content (AvgIpc) is 2.92. The summed E-state index contributed by atoms with van der Waals surface area (Å²) in [5, 5.41) is 0. The van der Waals surface area contributed by atoms with Gasteiger partial charge in [0.1, 0.15) is 6.10 Å². The molecule has 0 amide bonds. The van der Waals surface area contributed by atoms with Crippen molar-refractivity contribution in [1.29, 1.82) is 0 Å². The second kappa shape index (κ2) is 7.24. The Labute approximate surface area is 181 Å². The van der Waals surface area contributed by atoms with Gasteiger partial charge in [-0.25, -0.2) is 4.79 Å². The number of allylic oxidation sites excluding steroid dienone is 1. The molecule has 0 radical (unpaired) electrons. The molecule has 30 heavy (non-hydrogen) atoms. The summed E-state index contributed by atoms with van der Waals surface area (Å²) < 4.78 is 11.5. The topological polar surface area (TPSA) is 52.6 Å². The summed E-state index contributed by atoms with van der Waals surface area (Å²) in [6.45, 7) is 12.7. The first-order valence-corrected chi connectivity index (χ1v) is 11.7. The fourth-order valence-corrected chi connectivity index (χ4v) is 8.32. The zero-order valence-corrected chi connectivity index (χ0v) is 19.4. The summed E-state index contributed by atoms with van der Waals surface area (Å²) in [6, 6.07) is 0. The van der Waals surface area contributed by atoms with E-state index >= 15 is 0 Å². The normalized spacial score (nSPS) is 45.4. The first kappa shape index (κ1) is 21.6. The fourth-order valence-electron chi connectivity index (χ4n) is 8.32. The highest BCUT2D eigenvalue weighted by molar-refractivity contribution is 5.88. The number of fused-ring (bicyclic) bond motifs is 3. The third kappa shape index (κ3) is 2.78. The molecule has 1 spiro atoms. The van der Waals surface area contributed by atoms with Gasteiger partial charge >= 0.3 is 11.9 Å². The molecule has 7 atom stereocenters. The minimum Gasteiger partial charge on any atom is -0.469 e. The van der Waals surface area contributed by atoms with Crippen molar-refractivity contribution in [3.05, 3.63) is 23.8 Å². The van der Waals surface area contributed by atoms with E-state index in [9.17, 15) is 9.59 Å². The molecule has 0 heterocycles. The number of hydrogen-bond acceptors (Lipinski definition) is 4. The van der Waals surface area contributed by atoms with E-state index in [2.05, 4.69) is 20.4 Å². The molecule has 0 unspecified atom stereocenters. The molecule has 4 aliphatic rings. The SMILES string of the molecule is C=C1[C@@H]2CC[C@H]3[C@]4(C)CCC[C@](C)(C(=O)OC)[C@H]4CC[C@]3(C2)[C@H]1OC(=O)/C(C)=C\C. The molecule has 0 aromatic heterocycles. The second-order valence-electron chi connectivity index (χ2n) is 11.0. The highest BCUT2D eigenvalue weighted by Crippen LogP contribution is 2.72. The summed E-state index contributed by atoms with van der Waals surface area (Å²) in [7, 11) is 1.52. The van der Waals surface area contributed by atoms with Gasteiger partial charge in [-0.15, -0.1) is 0 Å². The van der Waals surface area contributed by atoms with Crippen LogP contribution in [0.3, 0.4) is 0 Å². The fraction of sp³-hybridized carbons (Fsp3) is 0.769. The summed E-state index contributed by atoms with van der Waals surface area (Å²) in [4.78, 5) is 25.6. The van der Waals surface area contributed by atoms with Crippen molar-refractivity contribution in [3.8, 4) is 0 Å². The Kier molecular flexibility index (Phi) is 5.22. The molecule has 4 nitrogen and oxygen atoms in total. The third-order valence-corrected chi connectivity index (χ3v) is 9.81. The van der Waals surface area contributed by atoms with Crippen molar-refractivity contribution in [3.63, 3.8) is 0 Å². The van der Waals surface area contributed by atoms with E-state index in [1.165, 1.54) is 7.11 Å². The zero-order chi connectivity index (χ0) is 21.9. The molecule has 4 aliphatic carbocycles. The monoisotopic (exact) mass is 414 g/mol. The van der Waals surface area contributed by atoms with Crippen LogP contribution in [0.4, 0.5) is 0 Å². The first-order chi connectivity index (χ1) is 14.1. The quantitative estimate of drug-likeness (QED) is 0.342. The average molecular weight is 415 g/mol. The molecule has 4 fully saturated rings. The van der Waals surface area contributed by atoms with Crippen LogP contribution in [0.5, 0.6) is 0 Å². The molecule has 0 aromatic carbocycles. The Hall–Kier alpha value is -1.58. The number of carbonyl (C=O) groups is 2. The van der Waals surface area contributed by atoms with Crippen LogP contribution in [0.2, 0.25) is 0 Å². The van der Waals surface area contributed by atoms with Crippen LogP contribution >= 0.6 is 0 Å². The summed E-state index contributed by atoms with van der Waals surface area (Å²) in [5.41, 5.74) is 1.42. The van der Waals surface area contributed by atoms with Gasteiger partial charge in [0.15, 0.2) is 0 Å². The maximum atomic E-state index is 12.9. The molecule has 166 valence electrons. The van der Waals surface area contributed by atoms with Crippen LogP contribution in [-0.4, -0.2) is 25.2 Å². The van der Waals surface area contributed by atoms with Crippen molar-refractivity contribution in [2.75, 3.05) is 7.11 Å². The standard InChI is InChI=1S/C26H38O4/c1-7-16(2)22(27)30-21-17(3)18-9-10-20-24(4)12-8-13-25(5,23(28)29-6)19(24)11-14-26(20,21)15-18/h7,18-21H,3,8-15H2,1-2,4-6H3/b16-7-/t18-,19+,20+,21+,24-,25+,26-/m1/s1. The van der Waals surface area contributed by atoms with Gasteiger partial charge in [-0.1, -0.05) is 26.0 Å². The van der Waals surface area contributed by atoms with Gasteiger partial charge in [0, 0.05) is 11.0 Å². The lowest BCUT2D eigenvalue weighted by Crippen LogP contribution is -2.60. The van der Waals surface area contributed by atoms with Gasteiger partial charge in [0.05, 0.1) is 12.5 Å². The van der Waals surface area contributed by atoms with Crippen LogP contribution in [0.25, 0.3) is 0 Å². The van der Waals surface area contributed by atoms with Gasteiger partial charge in [-0.3, -0.25) is 4.79 Å². The largest absolute Gasteiger partial charge is 0.469 e. The molecule has 0 N–H and O–H groups in total. The van der Waals surface area contributed by atoms with E-state index in [0.29, 0.717) is 23.3 Å². The maximum absolute atomic E-state index is 12.9. The minimum atomic E-state index is -0.413. The predicted molar refractivity (Wildman–Crippen MR) is 117 cm³/mol. The Bertz CT molecular complexity index is 797. The van der Waals surface area contributed by atoms with Gasteiger partial charge in [-0.2, -0.15) is 0 Å². The Morgan fingerprint density at radius 2 is 1.83 bits per heavy atom. The van der Waals surface area contributed by atoms with E-state index in [4.69, 9.17) is 9.47 Å². The van der Waals surface area contributed by atoms with Crippen molar-refractivity contribution < 1.29 is 19.1 Å². The van der Waals surface area contributed by atoms with Gasteiger partial charge in [0.25, 0.3) is 0 Å². The molecule has 0 saturated heterocycles. The van der Waals surface area contributed by atoms with E-state index in [1.807, 2.05) is 19.9 Å². The molecule has 2 bridgehead atoms. The molecule has 4 heteroatoms. The molecule has 4 rings (SSSR count). The molecule has 4 saturated carbocycles. The lowest BCUT2D eigenvalue weighted by atomic mass is 9.40. The highest BCUT2D eigenvalue weighted by Gasteiger charge is 2.68. The molecule has 0 aromatic rings. The predicted octanol–water partition coefficient (Wildman–Crippen LogP) is 5.62. The summed E-state index contributed by atoms with van der Waals surface area (Å²) in [6.07, 6.45) is 10.1. The Balaban J connectivity index is 1.72. The van der Waals surface area contributed by atoms with Crippen LogP contribution in [0.1, 0.15) is 79.1 Å². The van der Waals surface area contributed by atoms with Crippen LogP contribution in [-0.2, 0) is 19.1 Å². The Morgan fingerprint density at radius 1 is 1.10 bits per heavy atom. The lowest BCUT2D eigenvalue weighted by molar-refractivity contribution is -0.196. The van der Waals surface area contributed by atoms with Crippen molar-refractivity contribution >= 4 is 11.9 Å². The second-order valence-corrected chi connectivity index (χ2v) is 11.0. The lowest BCUT2D eigenvalue weighted by Gasteiger charge is -2.64. The number of methoxy groups -OCH3 is 1. The zero-order valence-electron chi connectivity index (χ0n) is 19.4.